The van der Waals surface area contributed by atoms with Crippen LogP contribution in [0, 0.1) is 11.8 Å². The van der Waals surface area contributed by atoms with Crippen LogP contribution in [-0.2, 0) is 4.79 Å². The van der Waals surface area contributed by atoms with E-state index in [-0.39, 0.29) is 0 Å². The second-order valence-electron chi connectivity index (χ2n) is 6.03. The average Bonchev–Trinajstić information content (AvgIpc) is 2.41. The molecule has 0 aromatic rings. The first-order valence-electron chi connectivity index (χ1n) is 7.01. The van der Waals surface area contributed by atoms with Crippen molar-refractivity contribution in [3.63, 3.8) is 0 Å². The van der Waals surface area contributed by atoms with Gasteiger partial charge in [0.1, 0.15) is 0 Å². The summed E-state index contributed by atoms with van der Waals surface area (Å²) in [5.74, 6) is 1.45. The minimum atomic E-state index is 0.342. The van der Waals surface area contributed by atoms with Crippen molar-refractivity contribution in [1.29, 1.82) is 0 Å². The summed E-state index contributed by atoms with van der Waals surface area (Å²) in [5, 5.41) is 3.45. The summed E-state index contributed by atoms with van der Waals surface area (Å²) in [7, 11) is 0. The van der Waals surface area contributed by atoms with Gasteiger partial charge in [-0.3, -0.25) is 4.79 Å². The summed E-state index contributed by atoms with van der Waals surface area (Å²) < 4.78 is 0. The standard InChI is InChI=1S/C14H28N2O/c1-11(2)8-13-10-15-6-5-7-16(13)14(17)9-12(3)4/h11-13,15H,5-10H2,1-4H3. The third-order valence-electron chi connectivity index (χ3n) is 3.22. The van der Waals surface area contributed by atoms with Gasteiger partial charge in [-0.2, -0.15) is 0 Å². The summed E-state index contributed by atoms with van der Waals surface area (Å²) in [6.45, 7) is 11.6. The Morgan fingerprint density at radius 2 is 2.00 bits per heavy atom. The number of carbonyl (C=O) groups is 1. The van der Waals surface area contributed by atoms with E-state index in [4.69, 9.17) is 0 Å². The second kappa shape index (κ2) is 7.00. The third-order valence-corrected chi connectivity index (χ3v) is 3.22. The lowest BCUT2D eigenvalue weighted by Gasteiger charge is -2.31. The van der Waals surface area contributed by atoms with Gasteiger partial charge in [-0.05, 0) is 31.2 Å². The average molecular weight is 240 g/mol. The minimum Gasteiger partial charge on any atom is -0.338 e. The first kappa shape index (κ1) is 14.5. The van der Waals surface area contributed by atoms with Crippen LogP contribution in [0.15, 0.2) is 0 Å². The van der Waals surface area contributed by atoms with Crippen molar-refractivity contribution < 1.29 is 4.79 Å². The molecule has 1 rings (SSSR count). The van der Waals surface area contributed by atoms with Gasteiger partial charge in [0.15, 0.2) is 0 Å². The molecule has 1 amide bonds. The molecular formula is C14H28N2O. The topological polar surface area (TPSA) is 32.3 Å². The highest BCUT2D eigenvalue weighted by molar-refractivity contribution is 5.76. The molecule has 1 fully saturated rings. The van der Waals surface area contributed by atoms with Crippen LogP contribution in [0.25, 0.3) is 0 Å². The van der Waals surface area contributed by atoms with Gasteiger partial charge >= 0.3 is 0 Å². The summed E-state index contributed by atoms with van der Waals surface area (Å²) in [6, 6.07) is 0.392. The minimum absolute atomic E-state index is 0.342. The van der Waals surface area contributed by atoms with Crippen molar-refractivity contribution in [3.05, 3.63) is 0 Å². The molecule has 0 spiro atoms. The molecule has 3 heteroatoms. The molecule has 17 heavy (non-hydrogen) atoms. The van der Waals surface area contributed by atoms with E-state index in [1.54, 1.807) is 0 Å². The fourth-order valence-electron chi connectivity index (χ4n) is 2.49. The second-order valence-corrected chi connectivity index (χ2v) is 6.03. The summed E-state index contributed by atoms with van der Waals surface area (Å²) in [5.41, 5.74) is 0. The Labute approximate surface area is 106 Å². The highest BCUT2D eigenvalue weighted by Gasteiger charge is 2.25. The molecule has 1 unspecified atom stereocenters. The van der Waals surface area contributed by atoms with E-state index in [1.807, 2.05) is 0 Å². The molecule has 0 radical (unpaired) electrons. The molecule has 1 heterocycles. The fourth-order valence-corrected chi connectivity index (χ4v) is 2.49. The Kier molecular flexibility index (Phi) is 5.96. The lowest BCUT2D eigenvalue weighted by atomic mass is 10.0. The quantitative estimate of drug-likeness (QED) is 0.817. The molecule has 1 aliphatic heterocycles. The van der Waals surface area contributed by atoms with Crippen LogP contribution in [0.5, 0.6) is 0 Å². The first-order chi connectivity index (χ1) is 8.00. The first-order valence-corrected chi connectivity index (χ1v) is 7.01. The monoisotopic (exact) mass is 240 g/mol. The Balaban J connectivity index is 2.63. The van der Waals surface area contributed by atoms with Gasteiger partial charge in [0, 0.05) is 25.6 Å². The predicted octanol–water partition coefficient (Wildman–Crippen LogP) is 2.27. The maximum Gasteiger partial charge on any atom is 0.223 e. The molecule has 0 aromatic heterocycles. The lowest BCUT2D eigenvalue weighted by Crippen LogP contribution is -2.44. The van der Waals surface area contributed by atoms with Gasteiger partial charge in [0.25, 0.3) is 0 Å². The van der Waals surface area contributed by atoms with Crippen LogP contribution in [0.1, 0.15) is 47.0 Å². The SMILES string of the molecule is CC(C)CC(=O)N1CCCNCC1CC(C)C. The van der Waals surface area contributed by atoms with Crippen molar-refractivity contribution in [2.75, 3.05) is 19.6 Å². The van der Waals surface area contributed by atoms with Gasteiger partial charge in [0.05, 0.1) is 0 Å². The summed E-state index contributed by atoms with van der Waals surface area (Å²) in [4.78, 5) is 14.4. The maximum absolute atomic E-state index is 12.3. The molecule has 1 N–H and O–H groups in total. The van der Waals surface area contributed by atoms with Crippen molar-refractivity contribution in [2.24, 2.45) is 11.8 Å². The number of nitrogens with one attached hydrogen (secondary N) is 1. The Bertz CT molecular complexity index is 238. The number of amides is 1. The molecule has 100 valence electrons. The Morgan fingerprint density at radius 3 is 2.59 bits per heavy atom. The molecule has 3 nitrogen and oxygen atoms in total. The van der Waals surface area contributed by atoms with Crippen LogP contribution >= 0.6 is 0 Å². The Hall–Kier alpha value is -0.570. The molecule has 0 bridgehead atoms. The molecule has 1 aliphatic rings. The van der Waals surface area contributed by atoms with Crippen molar-refractivity contribution in [2.45, 2.75) is 53.0 Å². The molecule has 1 atom stereocenters. The zero-order valence-electron chi connectivity index (χ0n) is 11.8. The van der Waals surface area contributed by atoms with E-state index in [2.05, 4.69) is 37.9 Å². The molecular weight excluding hydrogens is 212 g/mol. The van der Waals surface area contributed by atoms with Gasteiger partial charge in [0.2, 0.25) is 5.91 Å². The Morgan fingerprint density at radius 1 is 1.29 bits per heavy atom. The van der Waals surface area contributed by atoms with Gasteiger partial charge < -0.3 is 10.2 Å². The van der Waals surface area contributed by atoms with E-state index < -0.39 is 0 Å². The largest absolute Gasteiger partial charge is 0.338 e. The summed E-state index contributed by atoms with van der Waals surface area (Å²) in [6.07, 6.45) is 2.88. The number of carbonyl (C=O) groups excluding carboxylic acids is 1. The van der Waals surface area contributed by atoms with Gasteiger partial charge in [-0.25, -0.2) is 0 Å². The van der Waals surface area contributed by atoms with Crippen LogP contribution in [0.3, 0.4) is 0 Å². The number of hydrogen-bond donors (Lipinski definition) is 1. The third kappa shape index (κ3) is 5.07. The zero-order chi connectivity index (χ0) is 12.8. The molecule has 0 saturated carbocycles. The van der Waals surface area contributed by atoms with E-state index in [1.165, 1.54) is 0 Å². The van der Waals surface area contributed by atoms with Crippen molar-refractivity contribution >= 4 is 5.91 Å². The summed E-state index contributed by atoms with van der Waals surface area (Å²) >= 11 is 0. The van der Waals surface area contributed by atoms with Crippen LogP contribution in [-0.4, -0.2) is 36.5 Å². The molecule has 0 aromatic carbocycles. The van der Waals surface area contributed by atoms with E-state index in [0.29, 0.717) is 30.2 Å². The predicted molar refractivity (Wildman–Crippen MR) is 71.9 cm³/mol. The molecule has 1 saturated heterocycles. The zero-order valence-corrected chi connectivity index (χ0v) is 11.8. The van der Waals surface area contributed by atoms with Crippen LogP contribution in [0.4, 0.5) is 0 Å². The van der Waals surface area contributed by atoms with Crippen molar-refractivity contribution in [1.82, 2.24) is 10.2 Å². The normalized spacial score (nSPS) is 22.0. The number of nitrogens with zero attached hydrogens (tertiary/aromatic N) is 1. The fraction of sp³-hybridized carbons (Fsp3) is 0.929. The lowest BCUT2D eigenvalue weighted by molar-refractivity contribution is -0.134. The number of hydrogen-bond acceptors (Lipinski definition) is 2. The van der Waals surface area contributed by atoms with E-state index in [0.717, 1.165) is 32.5 Å². The van der Waals surface area contributed by atoms with Crippen molar-refractivity contribution in [3.8, 4) is 0 Å². The maximum atomic E-state index is 12.3. The van der Waals surface area contributed by atoms with Gasteiger partial charge in [-0.15, -0.1) is 0 Å². The highest BCUT2D eigenvalue weighted by atomic mass is 16.2. The van der Waals surface area contributed by atoms with Crippen LogP contribution < -0.4 is 5.32 Å². The smallest absolute Gasteiger partial charge is 0.223 e. The molecule has 0 aliphatic carbocycles. The highest BCUT2D eigenvalue weighted by Crippen LogP contribution is 2.16. The number of rotatable bonds is 4. The van der Waals surface area contributed by atoms with E-state index in [9.17, 15) is 4.79 Å². The van der Waals surface area contributed by atoms with Gasteiger partial charge in [-0.1, -0.05) is 27.7 Å². The van der Waals surface area contributed by atoms with E-state index >= 15 is 0 Å². The van der Waals surface area contributed by atoms with Crippen LogP contribution in [0.2, 0.25) is 0 Å².